The summed E-state index contributed by atoms with van der Waals surface area (Å²) >= 11 is 0. The lowest BCUT2D eigenvalue weighted by molar-refractivity contribution is 0.0701. The molecule has 0 N–H and O–H groups in total. The number of ketones is 1. The van der Waals surface area contributed by atoms with Crippen molar-refractivity contribution in [1.82, 2.24) is 0 Å². The van der Waals surface area contributed by atoms with Gasteiger partial charge in [-0.25, -0.2) is 4.79 Å². The second kappa shape index (κ2) is 7.90. The Balaban J connectivity index is 1.50. The molecule has 29 heavy (non-hydrogen) atoms. The zero-order valence-electron chi connectivity index (χ0n) is 15.5. The molecule has 0 saturated heterocycles. The molecule has 1 aromatic heterocycles. The van der Waals surface area contributed by atoms with Crippen LogP contribution >= 0.6 is 0 Å². The SMILES string of the molecule is COc1ccccc1C=CC=C1Oc2cc(OC(=O)c3ccco3)ccc2C1=O. The molecule has 0 radical (unpaired) electrons. The molecule has 3 aromatic rings. The van der Waals surface area contributed by atoms with Crippen LogP contribution in [0, 0.1) is 0 Å². The number of ether oxygens (including phenoxy) is 3. The van der Waals surface area contributed by atoms with Gasteiger partial charge >= 0.3 is 5.97 Å². The fraction of sp³-hybridized carbons (Fsp3) is 0.0435. The zero-order chi connectivity index (χ0) is 20.2. The lowest BCUT2D eigenvalue weighted by Crippen LogP contribution is -2.07. The van der Waals surface area contributed by atoms with Gasteiger partial charge in [0.1, 0.15) is 17.2 Å². The minimum Gasteiger partial charge on any atom is -0.496 e. The van der Waals surface area contributed by atoms with Gasteiger partial charge in [0.25, 0.3) is 0 Å². The molecule has 0 spiro atoms. The van der Waals surface area contributed by atoms with Crippen molar-refractivity contribution in [2.45, 2.75) is 0 Å². The number of esters is 1. The van der Waals surface area contributed by atoms with Crippen molar-refractivity contribution in [3.63, 3.8) is 0 Å². The van der Waals surface area contributed by atoms with E-state index >= 15 is 0 Å². The predicted octanol–water partition coefficient (Wildman–Crippen LogP) is 4.68. The number of allylic oxidation sites excluding steroid dienone is 3. The average molecular weight is 388 g/mol. The number of carbonyl (C=O) groups excluding carboxylic acids is 2. The fourth-order valence-corrected chi connectivity index (χ4v) is 2.84. The molecule has 0 unspecified atom stereocenters. The molecule has 1 aliphatic rings. The second-order valence-corrected chi connectivity index (χ2v) is 6.09. The topological polar surface area (TPSA) is 75.0 Å². The lowest BCUT2D eigenvalue weighted by Gasteiger charge is -2.04. The number of rotatable bonds is 5. The molecule has 0 bridgehead atoms. The molecule has 6 nitrogen and oxygen atoms in total. The molecule has 0 aliphatic carbocycles. The summed E-state index contributed by atoms with van der Waals surface area (Å²) in [6.45, 7) is 0. The summed E-state index contributed by atoms with van der Waals surface area (Å²) in [6.07, 6.45) is 6.51. The van der Waals surface area contributed by atoms with E-state index in [1.807, 2.05) is 30.3 Å². The van der Waals surface area contributed by atoms with E-state index in [2.05, 4.69) is 0 Å². The van der Waals surface area contributed by atoms with Gasteiger partial charge in [-0.3, -0.25) is 4.79 Å². The van der Waals surface area contributed by atoms with Crippen molar-refractivity contribution in [2.75, 3.05) is 7.11 Å². The first kappa shape index (κ1) is 18.3. The third kappa shape index (κ3) is 3.82. The molecule has 0 atom stereocenters. The van der Waals surface area contributed by atoms with Gasteiger partial charge in [-0.15, -0.1) is 0 Å². The highest BCUT2D eigenvalue weighted by atomic mass is 16.5. The molecule has 1 aliphatic heterocycles. The molecule has 2 aromatic carbocycles. The van der Waals surface area contributed by atoms with Gasteiger partial charge in [-0.05, 0) is 36.4 Å². The minimum absolute atomic E-state index is 0.0876. The summed E-state index contributed by atoms with van der Waals surface area (Å²) < 4.78 is 21.2. The largest absolute Gasteiger partial charge is 0.496 e. The van der Waals surface area contributed by atoms with Gasteiger partial charge in [-0.1, -0.05) is 30.4 Å². The summed E-state index contributed by atoms with van der Waals surface area (Å²) in [7, 11) is 1.60. The summed E-state index contributed by atoms with van der Waals surface area (Å²) in [5, 5.41) is 0. The number of carbonyl (C=O) groups is 2. The molecule has 4 rings (SSSR count). The van der Waals surface area contributed by atoms with Crippen LogP contribution in [-0.2, 0) is 0 Å². The first-order chi connectivity index (χ1) is 14.2. The van der Waals surface area contributed by atoms with E-state index in [0.717, 1.165) is 11.3 Å². The van der Waals surface area contributed by atoms with Gasteiger partial charge in [0.2, 0.25) is 11.5 Å². The Bertz CT molecular complexity index is 1120. The Hall–Kier alpha value is -4.06. The highest BCUT2D eigenvalue weighted by Crippen LogP contribution is 2.34. The zero-order valence-corrected chi connectivity index (χ0v) is 15.5. The summed E-state index contributed by atoms with van der Waals surface area (Å²) in [5.41, 5.74) is 1.28. The Morgan fingerprint density at radius 1 is 1.07 bits per heavy atom. The number of furan rings is 1. The van der Waals surface area contributed by atoms with E-state index in [-0.39, 0.29) is 23.1 Å². The molecule has 144 valence electrons. The van der Waals surface area contributed by atoms with Gasteiger partial charge in [0, 0.05) is 11.6 Å². The lowest BCUT2D eigenvalue weighted by atomic mass is 10.1. The van der Waals surface area contributed by atoms with Crippen molar-refractivity contribution in [1.29, 1.82) is 0 Å². The highest BCUT2D eigenvalue weighted by Gasteiger charge is 2.27. The maximum atomic E-state index is 12.5. The Kier molecular flexibility index (Phi) is 4.99. The number of methoxy groups -OCH3 is 1. The smallest absolute Gasteiger partial charge is 0.379 e. The number of para-hydroxylation sites is 1. The van der Waals surface area contributed by atoms with Crippen molar-refractivity contribution in [3.05, 3.63) is 95.7 Å². The van der Waals surface area contributed by atoms with Crippen LogP contribution in [0.15, 0.2) is 83.2 Å². The van der Waals surface area contributed by atoms with Gasteiger partial charge in [0.15, 0.2) is 5.76 Å². The standard InChI is InChI=1S/C23H16O6/c1-26-18-8-3-2-6-15(18)7-4-9-19-22(24)17-12-11-16(14-21(17)29-19)28-23(25)20-10-5-13-27-20/h2-14H,1H3. The van der Waals surface area contributed by atoms with E-state index in [0.29, 0.717) is 11.3 Å². The van der Waals surface area contributed by atoms with Crippen LogP contribution in [0.3, 0.4) is 0 Å². The van der Waals surface area contributed by atoms with Crippen LogP contribution in [0.1, 0.15) is 26.5 Å². The van der Waals surface area contributed by atoms with Crippen LogP contribution in [-0.4, -0.2) is 18.9 Å². The maximum absolute atomic E-state index is 12.5. The summed E-state index contributed by atoms with van der Waals surface area (Å²) in [6, 6.07) is 15.2. The van der Waals surface area contributed by atoms with E-state index in [1.165, 1.54) is 24.5 Å². The third-order valence-electron chi connectivity index (χ3n) is 4.24. The summed E-state index contributed by atoms with van der Waals surface area (Å²) in [5.74, 6) is 0.709. The van der Waals surface area contributed by atoms with E-state index in [9.17, 15) is 9.59 Å². The number of benzene rings is 2. The van der Waals surface area contributed by atoms with Gasteiger partial charge in [-0.2, -0.15) is 0 Å². The molecular weight excluding hydrogens is 372 g/mol. The van der Waals surface area contributed by atoms with Gasteiger partial charge < -0.3 is 18.6 Å². The van der Waals surface area contributed by atoms with Crippen LogP contribution in [0.2, 0.25) is 0 Å². The normalized spacial score (nSPS) is 14.1. The van der Waals surface area contributed by atoms with E-state index < -0.39 is 5.97 Å². The Labute approximate surface area is 166 Å². The molecule has 2 heterocycles. The van der Waals surface area contributed by atoms with Crippen molar-refractivity contribution >= 4 is 17.8 Å². The quantitative estimate of drug-likeness (QED) is 0.359. The average Bonchev–Trinajstić information content (AvgIpc) is 3.37. The molecular formula is C23H16O6. The van der Waals surface area contributed by atoms with Gasteiger partial charge in [0.05, 0.1) is 18.9 Å². The van der Waals surface area contributed by atoms with Crippen LogP contribution in [0.25, 0.3) is 6.08 Å². The fourth-order valence-electron chi connectivity index (χ4n) is 2.84. The molecule has 0 fully saturated rings. The van der Waals surface area contributed by atoms with Crippen molar-refractivity contribution in [3.8, 4) is 17.2 Å². The summed E-state index contributed by atoms with van der Waals surface area (Å²) in [4.78, 5) is 24.5. The number of hydrogen-bond acceptors (Lipinski definition) is 6. The van der Waals surface area contributed by atoms with Crippen LogP contribution in [0.4, 0.5) is 0 Å². The number of Topliss-reactive ketones (excluding diaryl/α,β-unsaturated/α-hetero) is 1. The first-order valence-corrected chi connectivity index (χ1v) is 8.79. The third-order valence-corrected chi connectivity index (χ3v) is 4.24. The Morgan fingerprint density at radius 2 is 1.93 bits per heavy atom. The first-order valence-electron chi connectivity index (χ1n) is 8.79. The molecule has 6 heteroatoms. The number of fused-ring (bicyclic) bond motifs is 1. The second-order valence-electron chi connectivity index (χ2n) is 6.09. The van der Waals surface area contributed by atoms with Crippen molar-refractivity contribution in [2.24, 2.45) is 0 Å². The van der Waals surface area contributed by atoms with E-state index in [1.54, 1.807) is 31.4 Å². The molecule has 0 amide bonds. The van der Waals surface area contributed by atoms with Crippen molar-refractivity contribution < 1.29 is 28.2 Å². The maximum Gasteiger partial charge on any atom is 0.379 e. The highest BCUT2D eigenvalue weighted by molar-refractivity contribution is 6.12. The van der Waals surface area contributed by atoms with E-state index in [4.69, 9.17) is 18.6 Å². The van der Waals surface area contributed by atoms with Crippen LogP contribution < -0.4 is 14.2 Å². The Morgan fingerprint density at radius 3 is 2.72 bits per heavy atom. The number of hydrogen-bond donors (Lipinski definition) is 0. The minimum atomic E-state index is -0.630. The monoisotopic (exact) mass is 388 g/mol. The van der Waals surface area contributed by atoms with Crippen LogP contribution in [0.5, 0.6) is 17.2 Å². The predicted molar refractivity (Wildman–Crippen MR) is 105 cm³/mol. The molecule has 0 saturated carbocycles.